The van der Waals surface area contributed by atoms with Crippen molar-refractivity contribution in [3.05, 3.63) is 41.2 Å². The summed E-state index contributed by atoms with van der Waals surface area (Å²) in [4.78, 5) is 24.5. The zero-order chi connectivity index (χ0) is 19.3. The minimum absolute atomic E-state index is 0.199. The van der Waals surface area contributed by atoms with E-state index in [9.17, 15) is 9.59 Å². The molecule has 0 aliphatic carbocycles. The van der Waals surface area contributed by atoms with Crippen molar-refractivity contribution < 1.29 is 19.4 Å². The van der Waals surface area contributed by atoms with Gasteiger partial charge in [0.25, 0.3) is 5.91 Å². The number of carbonyl (C=O) groups is 2. The number of aryl methyl sites for hydroxylation is 2. The van der Waals surface area contributed by atoms with Gasteiger partial charge in [0.15, 0.2) is 12.4 Å². The van der Waals surface area contributed by atoms with Crippen molar-refractivity contribution in [2.75, 3.05) is 12.9 Å². The van der Waals surface area contributed by atoms with Crippen LogP contribution in [0, 0.1) is 13.8 Å². The topological polar surface area (TPSA) is 93.5 Å². The van der Waals surface area contributed by atoms with Gasteiger partial charge in [-0.1, -0.05) is 12.1 Å². The van der Waals surface area contributed by atoms with E-state index < -0.39 is 12.0 Å². The molecule has 1 unspecified atom stereocenters. The molecule has 0 spiro atoms. The minimum Gasteiger partial charge on any atom is -0.481 e. The maximum atomic E-state index is 12.3. The third kappa shape index (κ3) is 5.01. The molecular formula is C18H23N3O4S. The van der Waals surface area contributed by atoms with Gasteiger partial charge in [-0.3, -0.25) is 14.3 Å². The summed E-state index contributed by atoms with van der Waals surface area (Å²) in [6.07, 6.45) is 1.76. The fourth-order valence-corrected chi connectivity index (χ4v) is 3.01. The van der Waals surface area contributed by atoms with Crippen LogP contribution in [0.2, 0.25) is 0 Å². The molecule has 1 aromatic heterocycles. The second-order valence-electron chi connectivity index (χ2n) is 5.90. The van der Waals surface area contributed by atoms with Gasteiger partial charge in [-0.05, 0) is 37.8 Å². The van der Waals surface area contributed by atoms with E-state index in [2.05, 4.69) is 10.4 Å². The standard InChI is InChI=1S/C18H23N3O4S/c1-11-18(12(2)21(3)20-11)25-10-16(22)19-15(9-17(23)24)13-5-7-14(26-4)8-6-13/h5-8,15H,9-10H2,1-4H3,(H,19,22)(H,23,24). The molecule has 0 saturated heterocycles. The molecule has 2 N–H and O–H groups in total. The Morgan fingerprint density at radius 1 is 1.31 bits per heavy atom. The number of carboxylic acid groups (broad SMARTS) is 1. The molecule has 0 bridgehead atoms. The number of carbonyl (C=O) groups excluding carboxylic acids is 1. The predicted octanol–water partition coefficient (Wildman–Crippen LogP) is 2.47. The Kier molecular flexibility index (Phi) is 6.68. The maximum absolute atomic E-state index is 12.3. The zero-order valence-electron chi connectivity index (χ0n) is 15.3. The van der Waals surface area contributed by atoms with E-state index in [1.807, 2.05) is 37.4 Å². The van der Waals surface area contributed by atoms with Crippen LogP contribution in [0.15, 0.2) is 29.2 Å². The normalized spacial score (nSPS) is 11.8. The van der Waals surface area contributed by atoms with Gasteiger partial charge in [-0.2, -0.15) is 5.10 Å². The molecule has 0 aliphatic heterocycles. The highest BCUT2D eigenvalue weighted by molar-refractivity contribution is 7.98. The smallest absolute Gasteiger partial charge is 0.305 e. The first-order valence-electron chi connectivity index (χ1n) is 8.10. The van der Waals surface area contributed by atoms with Gasteiger partial charge in [-0.15, -0.1) is 11.8 Å². The monoisotopic (exact) mass is 377 g/mol. The summed E-state index contributed by atoms with van der Waals surface area (Å²) >= 11 is 1.60. The lowest BCUT2D eigenvalue weighted by molar-refractivity contribution is -0.137. The number of nitrogens with one attached hydrogen (secondary N) is 1. The molecule has 0 fully saturated rings. The van der Waals surface area contributed by atoms with Crippen LogP contribution in [-0.2, 0) is 16.6 Å². The van der Waals surface area contributed by atoms with Crippen molar-refractivity contribution in [1.29, 1.82) is 0 Å². The van der Waals surface area contributed by atoms with Crippen LogP contribution in [0.5, 0.6) is 5.75 Å². The van der Waals surface area contributed by atoms with Crippen LogP contribution in [-0.4, -0.2) is 39.6 Å². The molecule has 26 heavy (non-hydrogen) atoms. The molecule has 2 aromatic rings. The summed E-state index contributed by atoms with van der Waals surface area (Å²) < 4.78 is 7.27. The molecule has 0 radical (unpaired) electrons. The van der Waals surface area contributed by atoms with Crippen LogP contribution >= 0.6 is 11.8 Å². The fraction of sp³-hybridized carbons (Fsp3) is 0.389. The minimum atomic E-state index is -0.982. The number of hydrogen-bond donors (Lipinski definition) is 2. The molecule has 8 heteroatoms. The Morgan fingerprint density at radius 2 is 1.96 bits per heavy atom. The van der Waals surface area contributed by atoms with Crippen LogP contribution < -0.4 is 10.1 Å². The average Bonchev–Trinajstić information content (AvgIpc) is 2.84. The van der Waals surface area contributed by atoms with E-state index in [0.717, 1.165) is 16.2 Å². The van der Waals surface area contributed by atoms with Crippen LogP contribution in [0.1, 0.15) is 29.4 Å². The first-order valence-corrected chi connectivity index (χ1v) is 9.32. The zero-order valence-corrected chi connectivity index (χ0v) is 16.1. The lowest BCUT2D eigenvalue weighted by Crippen LogP contribution is -2.34. The first kappa shape index (κ1) is 19.8. The quantitative estimate of drug-likeness (QED) is 0.687. The second-order valence-corrected chi connectivity index (χ2v) is 6.78. The average molecular weight is 377 g/mol. The number of carboxylic acids is 1. The third-order valence-corrected chi connectivity index (χ3v) is 4.77. The van der Waals surface area contributed by atoms with Gasteiger partial charge in [-0.25, -0.2) is 0 Å². The highest BCUT2D eigenvalue weighted by Crippen LogP contribution is 2.23. The molecule has 140 valence electrons. The Balaban J connectivity index is 2.04. The van der Waals surface area contributed by atoms with E-state index in [0.29, 0.717) is 11.4 Å². The molecule has 1 heterocycles. The molecule has 0 saturated carbocycles. The SMILES string of the molecule is CSc1ccc(C(CC(=O)O)NC(=O)COc2c(C)nn(C)c2C)cc1. The Morgan fingerprint density at radius 3 is 2.46 bits per heavy atom. The summed E-state index contributed by atoms with van der Waals surface area (Å²) in [5.41, 5.74) is 2.27. The molecular weight excluding hydrogens is 354 g/mol. The van der Waals surface area contributed by atoms with Crippen LogP contribution in [0.3, 0.4) is 0 Å². The molecule has 1 atom stereocenters. The summed E-state index contributed by atoms with van der Waals surface area (Å²) in [5, 5.41) is 16.1. The van der Waals surface area contributed by atoms with E-state index >= 15 is 0 Å². The van der Waals surface area contributed by atoms with E-state index in [4.69, 9.17) is 9.84 Å². The maximum Gasteiger partial charge on any atom is 0.305 e. The van der Waals surface area contributed by atoms with Gasteiger partial charge in [0.1, 0.15) is 5.69 Å². The van der Waals surface area contributed by atoms with E-state index in [1.54, 1.807) is 30.4 Å². The van der Waals surface area contributed by atoms with Crippen molar-refractivity contribution in [2.45, 2.75) is 31.2 Å². The largest absolute Gasteiger partial charge is 0.481 e. The van der Waals surface area contributed by atoms with Crippen LogP contribution in [0.4, 0.5) is 0 Å². The summed E-state index contributed by atoms with van der Waals surface area (Å²) in [6.45, 7) is 3.46. The van der Waals surface area contributed by atoms with Gasteiger partial charge in [0, 0.05) is 11.9 Å². The second kappa shape index (κ2) is 8.75. The summed E-state index contributed by atoms with van der Waals surface area (Å²) in [7, 11) is 1.80. The lowest BCUT2D eigenvalue weighted by atomic mass is 10.0. The van der Waals surface area contributed by atoms with Gasteiger partial charge in [0.2, 0.25) is 0 Å². The number of aromatic nitrogens is 2. The Hall–Kier alpha value is -2.48. The number of ether oxygens (including phenoxy) is 1. The number of rotatable bonds is 8. The highest BCUT2D eigenvalue weighted by atomic mass is 32.2. The molecule has 0 aliphatic rings. The Labute approximate surface area is 156 Å². The number of benzene rings is 1. The van der Waals surface area contributed by atoms with E-state index in [-0.39, 0.29) is 18.9 Å². The van der Waals surface area contributed by atoms with Crippen molar-refractivity contribution in [2.24, 2.45) is 7.05 Å². The number of hydrogen-bond acceptors (Lipinski definition) is 5. The highest BCUT2D eigenvalue weighted by Gasteiger charge is 2.19. The van der Waals surface area contributed by atoms with Gasteiger partial charge < -0.3 is 15.2 Å². The number of amides is 1. The van der Waals surface area contributed by atoms with Crippen molar-refractivity contribution >= 4 is 23.6 Å². The third-order valence-electron chi connectivity index (χ3n) is 4.02. The predicted molar refractivity (Wildman–Crippen MR) is 99.5 cm³/mol. The molecule has 1 aromatic carbocycles. The first-order chi connectivity index (χ1) is 12.3. The van der Waals surface area contributed by atoms with Crippen molar-refractivity contribution in [1.82, 2.24) is 15.1 Å². The van der Waals surface area contributed by atoms with Gasteiger partial charge >= 0.3 is 5.97 Å². The molecule has 7 nitrogen and oxygen atoms in total. The van der Waals surface area contributed by atoms with E-state index in [1.165, 1.54) is 0 Å². The van der Waals surface area contributed by atoms with Crippen molar-refractivity contribution in [3.8, 4) is 5.75 Å². The Bertz CT molecular complexity index is 786. The molecule has 1 amide bonds. The fourth-order valence-electron chi connectivity index (χ4n) is 2.60. The van der Waals surface area contributed by atoms with Crippen molar-refractivity contribution in [3.63, 3.8) is 0 Å². The van der Waals surface area contributed by atoms with Gasteiger partial charge in [0.05, 0.1) is 18.2 Å². The number of aliphatic carboxylic acids is 1. The summed E-state index contributed by atoms with van der Waals surface area (Å²) in [5.74, 6) is -0.793. The lowest BCUT2D eigenvalue weighted by Gasteiger charge is -2.18. The number of thioether (sulfide) groups is 1. The summed E-state index contributed by atoms with van der Waals surface area (Å²) in [6, 6.07) is 6.85. The molecule has 2 rings (SSSR count). The number of nitrogens with zero attached hydrogens (tertiary/aromatic N) is 2. The van der Waals surface area contributed by atoms with Crippen LogP contribution in [0.25, 0.3) is 0 Å².